The lowest BCUT2D eigenvalue weighted by molar-refractivity contribution is -0.136. The Morgan fingerprint density at radius 3 is 2.06 bits per heavy atom. The van der Waals surface area contributed by atoms with Crippen molar-refractivity contribution in [3.05, 3.63) is 77.2 Å². The summed E-state index contributed by atoms with van der Waals surface area (Å²) in [5.41, 5.74) is 5.30. The quantitative estimate of drug-likeness (QED) is 0.511. The molecule has 0 spiro atoms. The monoisotopic (exact) mass is 473 g/mol. The first kappa shape index (κ1) is 23.3. The zero-order valence-electron chi connectivity index (χ0n) is 20.5. The van der Waals surface area contributed by atoms with Gasteiger partial charge in [-0.15, -0.1) is 0 Å². The molecule has 182 valence electrons. The van der Waals surface area contributed by atoms with Gasteiger partial charge in [0.2, 0.25) is 5.91 Å². The molecule has 5 nitrogen and oxygen atoms in total. The van der Waals surface area contributed by atoms with Gasteiger partial charge < -0.3 is 14.4 Å². The first-order valence-electron chi connectivity index (χ1n) is 12.6. The van der Waals surface area contributed by atoms with Crippen LogP contribution in [0.15, 0.2) is 54.6 Å². The third kappa shape index (κ3) is 4.62. The van der Waals surface area contributed by atoms with Gasteiger partial charge >= 0.3 is 0 Å². The highest BCUT2D eigenvalue weighted by molar-refractivity contribution is 5.97. The summed E-state index contributed by atoms with van der Waals surface area (Å²) >= 11 is 0. The summed E-state index contributed by atoms with van der Waals surface area (Å²) in [6, 6.07) is 16.5. The molecule has 1 aromatic heterocycles. The average molecular weight is 474 g/mol. The highest BCUT2D eigenvalue weighted by atomic mass is 19.1. The first-order valence-corrected chi connectivity index (χ1v) is 12.6. The number of halogens is 1. The van der Waals surface area contributed by atoms with Crippen molar-refractivity contribution < 1.29 is 14.0 Å². The molecule has 2 fully saturated rings. The second-order valence-corrected chi connectivity index (χ2v) is 9.81. The molecule has 1 aliphatic heterocycles. The molecular weight excluding hydrogens is 441 g/mol. The second kappa shape index (κ2) is 9.68. The molecule has 3 aromatic rings. The molecule has 2 aromatic carbocycles. The molecule has 2 amide bonds. The van der Waals surface area contributed by atoms with Gasteiger partial charge in [0.15, 0.2) is 0 Å². The lowest BCUT2D eigenvalue weighted by Gasteiger charge is -2.36. The van der Waals surface area contributed by atoms with Crippen LogP contribution in [-0.2, 0) is 4.79 Å². The summed E-state index contributed by atoms with van der Waals surface area (Å²) in [4.78, 5) is 30.2. The van der Waals surface area contributed by atoms with E-state index in [1.54, 1.807) is 12.1 Å². The van der Waals surface area contributed by atoms with E-state index in [9.17, 15) is 14.0 Å². The molecule has 1 saturated heterocycles. The number of aryl methyl sites for hydroxylation is 1. The Hall–Kier alpha value is -3.41. The van der Waals surface area contributed by atoms with Crippen LogP contribution in [0, 0.1) is 25.6 Å². The fraction of sp³-hybridized carbons (Fsp3) is 0.379. The summed E-state index contributed by atoms with van der Waals surface area (Å²) in [5.74, 6) is 0.112. The summed E-state index contributed by atoms with van der Waals surface area (Å²) < 4.78 is 15.7. The molecule has 1 aliphatic carbocycles. The molecule has 0 N–H and O–H groups in total. The number of nitrogens with zero attached hydrogens (tertiary/aromatic N) is 3. The normalized spacial score (nSPS) is 16.7. The average Bonchev–Trinajstić information content (AvgIpc) is 3.53. The van der Waals surface area contributed by atoms with E-state index in [1.165, 1.54) is 12.1 Å². The lowest BCUT2D eigenvalue weighted by atomic mass is 10.1. The lowest BCUT2D eigenvalue weighted by Crippen LogP contribution is -2.51. The van der Waals surface area contributed by atoms with Crippen molar-refractivity contribution in [3.63, 3.8) is 0 Å². The van der Waals surface area contributed by atoms with Crippen LogP contribution < -0.4 is 0 Å². The standard InChI is InChI=1S/C29H32FN3O2/c1-20-7-13-25(14-8-20)33-21(2)26(19-27(33)22-9-11-24(30)12-10-22)29(35)32-17-15-31(16-18-32)28(34)23-5-3-4-6-23/h7-14,19,23H,3-6,15-18H2,1-2H3. The maximum atomic E-state index is 13.6. The van der Waals surface area contributed by atoms with Gasteiger partial charge in [-0.2, -0.15) is 0 Å². The van der Waals surface area contributed by atoms with Crippen LogP contribution in [-0.4, -0.2) is 52.4 Å². The minimum Gasteiger partial charge on any atom is -0.339 e. The molecule has 0 bridgehead atoms. The molecule has 5 rings (SSSR count). The van der Waals surface area contributed by atoms with E-state index >= 15 is 0 Å². The van der Waals surface area contributed by atoms with Gasteiger partial charge in [0.05, 0.1) is 11.3 Å². The van der Waals surface area contributed by atoms with Crippen molar-refractivity contribution in [3.8, 4) is 16.9 Å². The fourth-order valence-electron chi connectivity index (χ4n) is 5.41. The zero-order valence-corrected chi connectivity index (χ0v) is 20.5. The minimum atomic E-state index is -0.291. The van der Waals surface area contributed by atoms with Crippen LogP contribution in [0.25, 0.3) is 16.9 Å². The Balaban J connectivity index is 1.42. The van der Waals surface area contributed by atoms with Gasteiger partial charge in [-0.05, 0) is 74.7 Å². The van der Waals surface area contributed by atoms with Crippen molar-refractivity contribution >= 4 is 11.8 Å². The number of amides is 2. The van der Waals surface area contributed by atoms with Crippen molar-refractivity contribution in [2.24, 2.45) is 5.92 Å². The van der Waals surface area contributed by atoms with E-state index in [2.05, 4.69) is 4.57 Å². The Bertz CT molecular complexity index is 1220. The van der Waals surface area contributed by atoms with Crippen LogP contribution in [0.5, 0.6) is 0 Å². The predicted molar refractivity (Wildman–Crippen MR) is 135 cm³/mol. The van der Waals surface area contributed by atoms with Gasteiger partial charge in [-0.1, -0.05) is 30.5 Å². The molecule has 6 heteroatoms. The summed E-state index contributed by atoms with van der Waals surface area (Å²) in [7, 11) is 0. The molecule has 2 heterocycles. The maximum Gasteiger partial charge on any atom is 0.255 e. The summed E-state index contributed by atoms with van der Waals surface area (Å²) in [6.07, 6.45) is 4.27. The number of hydrogen-bond donors (Lipinski definition) is 0. The molecule has 35 heavy (non-hydrogen) atoms. The molecule has 0 unspecified atom stereocenters. The third-order valence-electron chi connectivity index (χ3n) is 7.49. The first-order chi connectivity index (χ1) is 16.9. The Labute approximate surface area is 206 Å². The van der Waals surface area contributed by atoms with Gasteiger partial charge in [0.1, 0.15) is 5.82 Å². The highest BCUT2D eigenvalue weighted by Crippen LogP contribution is 2.31. The third-order valence-corrected chi connectivity index (χ3v) is 7.49. The van der Waals surface area contributed by atoms with E-state index in [0.29, 0.717) is 31.7 Å². The van der Waals surface area contributed by atoms with E-state index < -0.39 is 0 Å². The Kier molecular flexibility index (Phi) is 6.46. The molecule has 0 radical (unpaired) electrons. The molecule has 0 atom stereocenters. The number of carbonyl (C=O) groups excluding carboxylic acids is 2. The topological polar surface area (TPSA) is 45.6 Å². The fourth-order valence-corrected chi connectivity index (χ4v) is 5.41. The maximum absolute atomic E-state index is 13.6. The van der Waals surface area contributed by atoms with Crippen LogP contribution in [0.3, 0.4) is 0 Å². The molecular formula is C29H32FN3O2. The summed E-state index contributed by atoms with van der Waals surface area (Å²) in [5, 5.41) is 0. The van der Waals surface area contributed by atoms with Crippen LogP contribution >= 0.6 is 0 Å². The van der Waals surface area contributed by atoms with Crippen LogP contribution in [0.2, 0.25) is 0 Å². The number of piperazine rings is 1. The largest absolute Gasteiger partial charge is 0.339 e. The SMILES string of the molecule is Cc1ccc(-n2c(-c3ccc(F)cc3)cc(C(=O)N3CCN(C(=O)C4CCCC4)CC3)c2C)cc1. The second-order valence-electron chi connectivity index (χ2n) is 9.81. The van der Waals surface area contributed by atoms with Gasteiger partial charge in [0.25, 0.3) is 5.91 Å². The number of aromatic nitrogens is 1. The summed E-state index contributed by atoms with van der Waals surface area (Å²) in [6.45, 7) is 6.25. The van der Waals surface area contributed by atoms with Crippen molar-refractivity contribution in [1.82, 2.24) is 14.4 Å². The predicted octanol–water partition coefficient (Wildman–Crippen LogP) is 5.37. The zero-order chi connectivity index (χ0) is 24.5. The highest BCUT2D eigenvalue weighted by Gasteiger charge is 2.32. The van der Waals surface area contributed by atoms with Crippen molar-refractivity contribution in [2.45, 2.75) is 39.5 Å². The Morgan fingerprint density at radius 1 is 0.829 bits per heavy atom. The molecule has 2 aliphatic rings. The van der Waals surface area contributed by atoms with Crippen molar-refractivity contribution in [2.75, 3.05) is 26.2 Å². The Morgan fingerprint density at radius 2 is 1.43 bits per heavy atom. The molecule has 1 saturated carbocycles. The van der Waals surface area contributed by atoms with Crippen LogP contribution in [0.1, 0.15) is 47.3 Å². The van der Waals surface area contributed by atoms with Gasteiger partial charge in [-0.3, -0.25) is 9.59 Å². The smallest absolute Gasteiger partial charge is 0.255 e. The number of carbonyl (C=O) groups is 2. The van der Waals surface area contributed by atoms with E-state index in [-0.39, 0.29) is 23.5 Å². The van der Waals surface area contributed by atoms with E-state index in [4.69, 9.17) is 0 Å². The van der Waals surface area contributed by atoms with Crippen LogP contribution in [0.4, 0.5) is 4.39 Å². The van der Waals surface area contributed by atoms with Crippen molar-refractivity contribution in [1.29, 1.82) is 0 Å². The number of hydrogen-bond acceptors (Lipinski definition) is 2. The van der Waals surface area contributed by atoms with E-state index in [1.807, 2.05) is 54.0 Å². The van der Waals surface area contributed by atoms with Gasteiger partial charge in [-0.25, -0.2) is 4.39 Å². The van der Waals surface area contributed by atoms with E-state index in [0.717, 1.165) is 53.9 Å². The number of rotatable bonds is 4. The number of benzene rings is 2. The van der Waals surface area contributed by atoms with Gasteiger partial charge in [0, 0.05) is 43.5 Å². The minimum absolute atomic E-state index is 0.0234.